The van der Waals surface area contributed by atoms with Crippen LogP contribution < -0.4 is 0 Å². The van der Waals surface area contributed by atoms with Gasteiger partial charge in [-0.2, -0.15) is 0 Å². The van der Waals surface area contributed by atoms with Gasteiger partial charge in [-0.1, -0.05) is 0 Å². The minimum absolute atomic E-state index is 0.302. The van der Waals surface area contributed by atoms with Crippen molar-refractivity contribution in [2.24, 2.45) is 0 Å². The van der Waals surface area contributed by atoms with Crippen molar-refractivity contribution in [3.63, 3.8) is 0 Å². The second kappa shape index (κ2) is 4.06. The van der Waals surface area contributed by atoms with Gasteiger partial charge in [-0.3, -0.25) is 0 Å². The Hall–Kier alpha value is -0.940. The maximum atomic E-state index is 10.2. The Morgan fingerprint density at radius 3 is 3.07 bits per heavy atom. The van der Waals surface area contributed by atoms with E-state index in [9.17, 15) is 4.79 Å². The molecule has 14 heavy (non-hydrogen) atoms. The highest BCUT2D eigenvalue weighted by molar-refractivity contribution is 9.11. The van der Waals surface area contributed by atoms with Crippen LogP contribution in [0.15, 0.2) is 26.6 Å². The number of halogens is 1. The summed E-state index contributed by atoms with van der Waals surface area (Å²) in [6.07, 6.45) is 2.62. The first-order valence-corrected chi connectivity index (χ1v) is 5.54. The van der Waals surface area contributed by atoms with E-state index in [1.807, 2.05) is 12.1 Å². The number of hydrogen-bond donors (Lipinski definition) is 0. The van der Waals surface area contributed by atoms with Crippen molar-refractivity contribution in [2.75, 3.05) is 0 Å². The molecular weight excluding hydrogens is 266 g/mol. The molecule has 0 aliphatic rings. The second-order valence-corrected chi connectivity index (χ2v) is 5.08. The van der Waals surface area contributed by atoms with Gasteiger partial charge < -0.3 is 9.21 Å². The molecule has 0 radical (unpaired) electrons. The number of oxazole rings is 1. The molecule has 0 N–H and O–H groups in total. The first-order chi connectivity index (χ1) is 6.79. The molecule has 0 aliphatic carbocycles. The van der Waals surface area contributed by atoms with Crippen LogP contribution in [0, 0.1) is 0 Å². The van der Waals surface area contributed by atoms with Crippen LogP contribution >= 0.6 is 27.3 Å². The summed E-state index contributed by atoms with van der Waals surface area (Å²) in [5.74, 6) is 0.567. The fourth-order valence-corrected chi connectivity index (χ4v) is 2.35. The van der Waals surface area contributed by atoms with Gasteiger partial charge in [0.2, 0.25) is 5.89 Å². The summed E-state index contributed by atoms with van der Waals surface area (Å²) in [5, 5.41) is 0. The summed E-state index contributed by atoms with van der Waals surface area (Å²) in [4.78, 5) is 15.4. The van der Waals surface area contributed by atoms with Crippen LogP contribution in [-0.4, -0.2) is 11.3 Å². The smallest absolute Gasteiger partial charge is 0.236 e. The third-order valence-corrected chi connectivity index (χ3v) is 3.24. The molecule has 72 valence electrons. The van der Waals surface area contributed by atoms with E-state index in [0.717, 1.165) is 14.9 Å². The van der Waals surface area contributed by atoms with Crippen molar-refractivity contribution >= 4 is 33.6 Å². The van der Waals surface area contributed by atoms with Gasteiger partial charge in [0.15, 0.2) is 0 Å². The minimum atomic E-state index is 0.302. The average molecular weight is 272 g/mol. The van der Waals surface area contributed by atoms with Crippen LogP contribution in [0.25, 0.3) is 10.8 Å². The molecule has 0 atom stereocenters. The molecule has 0 unspecified atom stereocenters. The van der Waals surface area contributed by atoms with Crippen LogP contribution in [0.5, 0.6) is 0 Å². The molecule has 2 rings (SSSR count). The lowest BCUT2D eigenvalue weighted by atomic mass is 10.4. The van der Waals surface area contributed by atoms with E-state index in [2.05, 4.69) is 20.9 Å². The van der Waals surface area contributed by atoms with Gasteiger partial charge in [0.05, 0.1) is 14.4 Å². The lowest BCUT2D eigenvalue weighted by Gasteiger charge is -1.85. The van der Waals surface area contributed by atoms with Crippen molar-refractivity contribution < 1.29 is 9.21 Å². The Kier molecular flexibility index (Phi) is 2.79. The summed E-state index contributed by atoms with van der Waals surface area (Å²) in [6.45, 7) is 0. The first-order valence-electron chi connectivity index (χ1n) is 3.93. The number of carbonyl (C=O) groups excluding carboxylic acids is 1. The summed E-state index contributed by atoms with van der Waals surface area (Å²) in [7, 11) is 0. The molecular formula is C9H6BrNO2S. The lowest BCUT2D eigenvalue weighted by Crippen LogP contribution is -1.84. The van der Waals surface area contributed by atoms with Gasteiger partial charge in [0.25, 0.3) is 0 Å². The molecule has 0 aromatic carbocycles. The largest absolute Gasteiger partial charge is 0.444 e. The number of rotatable bonds is 3. The van der Waals surface area contributed by atoms with E-state index in [4.69, 9.17) is 4.42 Å². The van der Waals surface area contributed by atoms with Gasteiger partial charge in [-0.05, 0) is 28.1 Å². The fourth-order valence-electron chi connectivity index (χ4n) is 1.03. The topological polar surface area (TPSA) is 43.1 Å². The van der Waals surface area contributed by atoms with E-state index >= 15 is 0 Å². The average Bonchev–Trinajstić information content (AvgIpc) is 2.74. The first kappa shape index (κ1) is 9.61. The predicted molar refractivity (Wildman–Crippen MR) is 57.3 cm³/mol. The number of nitrogens with zero attached hydrogens (tertiary/aromatic N) is 1. The Morgan fingerprint density at radius 1 is 1.57 bits per heavy atom. The molecule has 0 fully saturated rings. The van der Waals surface area contributed by atoms with Crippen molar-refractivity contribution in [2.45, 2.75) is 6.42 Å². The molecule has 2 heterocycles. The van der Waals surface area contributed by atoms with Crippen molar-refractivity contribution in [1.82, 2.24) is 4.98 Å². The van der Waals surface area contributed by atoms with Crippen LogP contribution in [0.1, 0.15) is 5.69 Å². The van der Waals surface area contributed by atoms with Gasteiger partial charge in [0, 0.05) is 6.42 Å². The number of aromatic nitrogens is 1. The third-order valence-electron chi connectivity index (χ3n) is 1.63. The van der Waals surface area contributed by atoms with Crippen LogP contribution in [0.4, 0.5) is 0 Å². The van der Waals surface area contributed by atoms with Crippen LogP contribution in [0.3, 0.4) is 0 Å². The van der Waals surface area contributed by atoms with Crippen molar-refractivity contribution in [1.29, 1.82) is 0 Å². The predicted octanol–water partition coefficient (Wildman–Crippen LogP) is 2.91. The summed E-state index contributed by atoms with van der Waals surface area (Å²) < 4.78 is 6.27. The maximum absolute atomic E-state index is 10.2. The molecule has 3 nitrogen and oxygen atoms in total. The maximum Gasteiger partial charge on any atom is 0.236 e. The van der Waals surface area contributed by atoms with E-state index < -0.39 is 0 Å². The van der Waals surface area contributed by atoms with Gasteiger partial charge >= 0.3 is 0 Å². The highest BCUT2D eigenvalue weighted by atomic mass is 79.9. The van der Waals surface area contributed by atoms with Gasteiger partial charge in [-0.25, -0.2) is 4.98 Å². The highest BCUT2D eigenvalue weighted by Crippen LogP contribution is 2.30. The van der Waals surface area contributed by atoms with Gasteiger partial charge in [0.1, 0.15) is 12.5 Å². The van der Waals surface area contributed by atoms with E-state index in [0.29, 0.717) is 18.0 Å². The Morgan fingerprint density at radius 2 is 2.43 bits per heavy atom. The van der Waals surface area contributed by atoms with E-state index in [-0.39, 0.29) is 0 Å². The molecule has 0 bridgehead atoms. The zero-order valence-electron chi connectivity index (χ0n) is 7.07. The summed E-state index contributed by atoms with van der Waals surface area (Å²) >= 11 is 4.90. The van der Waals surface area contributed by atoms with Crippen molar-refractivity contribution in [3.05, 3.63) is 27.9 Å². The monoisotopic (exact) mass is 271 g/mol. The zero-order chi connectivity index (χ0) is 9.97. The van der Waals surface area contributed by atoms with E-state index in [1.165, 1.54) is 6.26 Å². The third kappa shape index (κ3) is 1.93. The van der Waals surface area contributed by atoms with Crippen LogP contribution in [0.2, 0.25) is 0 Å². The standard InChI is InChI=1S/C9H6BrNO2S/c10-8-2-1-7(14-8)9-11-6(3-4-12)5-13-9/h1-2,4-5H,3H2. The lowest BCUT2D eigenvalue weighted by molar-refractivity contribution is -0.107. The quantitative estimate of drug-likeness (QED) is 0.807. The molecule has 0 saturated heterocycles. The highest BCUT2D eigenvalue weighted by Gasteiger charge is 2.08. The molecule has 0 saturated carbocycles. The van der Waals surface area contributed by atoms with Gasteiger partial charge in [-0.15, -0.1) is 11.3 Å². The second-order valence-electron chi connectivity index (χ2n) is 2.62. The Labute approximate surface area is 92.9 Å². The summed E-state index contributed by atoms with van der Waals surface area (Å²) in [6, 6.07) is 3.86. The number of aldehydes is 1. The molecule has 0 spiro atoms. The number of carbonyl (C=O) groups is 1. The Balaban J connectivity index is 2.28. The number of thiophene rings is 1. The zero-order valence-corrected chi connectivity index (χ0v) is 9.47. The molecule has 0 amide bonds. The number of hydrogen-bond acceptors (Lipinski definition) is 4. The molecule has 0 aliphatic heterocycles. The molecule has 2 aromatic heterocycles. The summed E-state index contributed by atoms with van der Waals surface area (Å²) in [5.41, 5.74) is 0.666. The van der Waals surface area contributed by atoms with E-state index in [1.54, 1.807) is 11.3 Å². The SMILES string of the molecule is O=CCc1coc(-c2ccc(Br)s2)n1. The molecule has 5 heteroatoms. The normalized spacial score (nSPS) is 10.4. The fraction of sp³-hybridized carbons (Fsp3) is 0.111. The van der Waals surface area contributed by atoms with Crippen molar-refractivity contribution in [3.8, 4) is 10.8 Å². The minimum Gasteiger partial charge on any atom is -0.444 e. The molecule has 2 aromatic rings. The Bertz CT molecular complexity index is 449. The van der Waals surface area contributed by atoms with Crippen LogP contribution in [-0.2, 0) is 11.2 Å².